The molecule has 1 heterocycles. The van der Waals surface area contributed by atoms with Crippen molar-refractivity contribution in [3.63, 3.8) is 0 Å². The Morgan fingerprint density at radius 2 is 1.96 bits per heavy atom. The van der Waals surface area contributed by atoms with E-state index < -0.39 is 0 Å². The fraction of sp³-hybridized carbons (Fsp3) is 0.364. The molecule has 3 rings (SSSR count). The van der Waals surface area contributed by atoms with E-state index in [4.69, 9.17) is 0 Å². The Labute approximate surface area is 160 Å². The highest BCUT2D eigenvalue weighted by Crippen LogP contribution is 2.26. The maximum atomic E-state index is 12.5. The van der Waals surface area contributed by atoms with Crippen LogP contribution in [0.3, 0.4) is 0 Å². The predicted molar refractivity (Wildman–Crippen MR) is 109 cm³/mol. The molecule has 5 nitrogen and oxygen atoms in total. The number of unbranched alkanes of at least 4 members (excludes halogenated alkanes) is 1. The lowest BCUT2D eigenvalue weighted by Gasteiger charge is -2.30. The summed E-state index contributed by atoms with van der Waals surface area (Å²) in [6, 6.07) is 15.3. The van der Waals surface area contributed by atoms with E-state index in [1.54, 1.807) is 18.2 Å². The van der Waals surface area contributed by atoms with E-state index in [0.717, 1.165) is 37.9 Å². The SMILES string of the molecule is CCCCNC(=O)c1cccc(NC(=O)CN2CCCc3ccccc32)c1. The van der Waals surface area contributed by atoms with Gasteiger partial charge in [0.25, 0.3) is 5.91 Å². The van der Waals surface area contributed by atoms with Crippen LogP contribution in [0.2, 0.25) is 0 Å². The standard InChI is InChI=1S/C22H27N3O2/c1-2-3-13-23-22(27)18-9-6-11-19(15-18)24-21(26)16-25-14-7-10-17-8-4-5-12-20(17)25/h4-6,8-9,11-12,15H,2-3,7,10,13-14,16H2,1H3,(H,23,27)(H,24,26). The highest BCUT2D eigenvalue weighted by atomic mass is 16.2. The lowest BCUT2D eigenvalue weighted by Crippen LogP contribution is -2.36. The highest BCUT2D eigenvalue weighted by molar-refractivity contribution is 5.98. The summed E-state index contributed by atoms with van der Waals surface area (Å²) in [6.45, 7) is 3.94. The van der Waals surface area contributed by atoms with Gasteiger partial charge >= 0.3 is 0 Å². The number of carbonyl (C=O) groups excluding carboxylic acids is 2. The number of aryl methyl sites for hydroxylation is 1. The molecule has 0 aliphatic carbocycles. The van der Waals surface area contributed by atoms with Crippen molar-refractivity contribution in [3.8, 4) is 0 Å². The number of hydrogen-bond acceptors (Lipinski definition) is 3. The second-order valence-electron chi connectivity index (χ2n) is 6.89. The molecule has 27 heavy (non-hydrogen) atoms. The number of benzene rings is 2. The predicted octanol–water partition coefficient (Wildman–Crippen LogP) is 3.61. The van der Waals surface area contributed by atoms with Gasteiger partial charge in [-0.1, -0.05) is 37.6 Å². The number of hydrogen-bond donors (Lipinski definition) is 2. The van der Waals surface area contributed by atoms with Crippen molar-refractivity contribution in [1.82, 2.24) is 5.32 Å². The van der Waals surface area contributed by atoms with Crippen LogP contribution in [0.25, 0.3) is 0 Å². The number of anilines is 2. The van der Waals surface area contributed by atoms with Crippen molar-refractivity contribution in [2.24, 2.45) is 0 Å². The lowest BCUT2D eigenvalue weighted by molar-refractivity contribution is -0.115. The summed E-state index contributed by atoms with van der Waals surface area (Å²) in [6.07, 6.45) is 4.11. The zero-order chi connectivity index (χ0) is 19.1. The molecule has 0 saturated heterocycles. The number of carbonyl (C=O) groups is 2. The van der Waals surface area contributed by atoms with Crippen molar-refractivity contribution in [2.45, 2.75) is 32.6 Å². The number of amides is 2. The van der Waals surface area contributed by atoms with Gasteiger partial charge in [-0.05, 0) is 49.1 Å². The molecule has 0 unspecified atom stereocenters. The molecule has 2 aromatic rings. The van der Waals surface area contributed by atoms with E-state index in [0.29, 0.717) is 24.3 Å². The summed E-state index contributed by atoms with van der Waals surface area (Å²) < 4.78 is 0. The Hall–Kier alpha value is -2.82. The van der Waals surface area contributed by atoms with Gasteiger partial charge in [0, 0.05) is 30.0 Å². The summed E-state index contributed by atoms with van der Waals surface area (Å²) in [7, 11) is 0. The first-order valence-corrected chi connectivity index (χ1v) is 9.68. The summed E-state index contributed by atoms with van der Waals surface area (Å²) in [5.74, 6) is -0.181. The van der Waals surface area contributed by atoms with Gasteiger partial charge < -0.3 is 15.5 Å². The third-order valence-corrected chi connectivity index (χ3v) is 4.77. The molecule has 2 N–H and O–H groups in total. The zero-order valence-corrected chi connectivity index (χ0v) is 15.8. The highest BCUT2D eigenvalue weighted by Gasteiger charge is 2.18. The fourth-order valence-corrected chi connectivity index (χ4v) is 3.37. The Balaban J connectivity index is 1.60. The van der Waals surface area contributed by atoms with Crippen LogP contribution in [0.5, 0.6) is 0 Å². The van der Waals surface area contributed by atoms with Crippen molar-refractivity contribution < 1.29 is 9.59 Å². The van der Waals surface area contributed by atoms with Crippen LogP contribution in [-0.2, 0) is 11.2 Å². The van der Waals surface area contributed by atoms with Gasteiger partial charge in [0.1, 0.15) is 0 Å². The van der Waals surface area contributed by atoms with Crippen molar-refractivity contribution in [1.29, 1.82) is 0 Å². The smallest absolute Gasteiger partial charge is 0.251 e. The van der Waals surface area contributed by atoms with Crippen LogP contribution < -0.4 is 15.5 Å². The summed E-state index contributed by atoms with van der Waals surface area (Å²) in [4.78, 5) is 26.8. The van der Waals surface area contributed by atoms with E-state index in [1.807, 2.05) is 18.2 Å². The molecule has 142 valence electrons. The average molecular weight is 365 g/mol. The minimum absolute atomic E-state index is 0.0738. The molecule has 0 bridgehead atoms. The third kappa shape index (κ3) is 5.09. The van der Waals surface area contributed by atoms with E-state index in [-0.39, 0.29) is 11.8 Å². The first kappa shape index (κ1) is 19.0. The Kier molecular flexibility index (Phi) is 6.47. The topological polar surface area (TPSA) is 61.4 Å². The maximum absolute atomic E-state index is 12.5. The van der Waals surface area contributed by atoms with Crippen LogP contribution in [0, 0.1) is 0 Å². The van der Waals surface area contributed by atoms with E-state index in [1.165, 1.54) is 5.56 Å². The van der Waals surface area contributed by atoms with Crippen molar-refractivity contribution in [3.05, 3.63) is 59.7 Å². The summed E-state index contributed by atoms with van der Waals surface area (Å²) >= 11 is 0. The number of nitrogens with zero attached hydrogens (tertiary/aromatic N) is 1. The maximum Gasteiger partial charge on any atom is 0.251 e. The molecule has 0 atom stereocenters. The lowest BCUT2D eigenvalue weighted by atomic mass is 10.0. The second kappa shape index (κ2) is 9.21. The Morgan fingerprint density at radius 3 is 2.81 bits per heavy atom. The quantitative estimate of drug-likeness (QED) is 0.737. The third-order valence-electron chi connectivity index (χ3n) is 4.77. The zero-order valence-electron chi connectivity index (χ0n) is 15.8. The molecule has 0 radical (unpaired) electrons. The van der Waals surface area contributed by atoms with Gasteiger partial charge in [0.05, 0.1) is 6.54 Å². The number of nitrogens with one attached hydrogen (secondary N) is 2. The van der Waals surface area contributed by atoms with Crippen LogP contribution in [-0.4, -0.2) is 31.4 Å². The second-order valence-corrected chi connectivity index (χ2v) is 6.89. The summed E-state index contributed by atoms with van der Waals surface area (Å²) in [5.41, 5.74) is 3.64. The molecule has 2 aromatic carbocycles. The van der Waals surface area contributed by atoms with Gasteiger partial charge in [0.2, 0.25) is 5.91 Å². The Morgan fingerprint density at radius 1 is 1.11 bits per heavy atom. The van der Waals surface area contributed by atoms with E-state index in [2.05, 4.69) is 34.6 Å². The monoisotopic (exact) mass is 365 g/mol. The van der Waals surface area contributed by atoms with Crippen LogP contribution in [0.1, 0.15) is 42.1 Å². The average Bonchev–Trinajstić information content (AvgIpc) is 2.68. The molecule has 0 spiro atoms. The number of rotatable bonds is 7. The van der Waals surface area contributed by atoms with E-state index in [9.17, 15) is 9.59 Å². The molecule has 0 saturated carbocycles. The van der Waals surface area contributed by atoms with Gasteiger partial charge in [0.15, 0.2) is 0 Å². The molecule has 1 aliphatic heterocycles. The summed E-state index contributed by atoms with van der Waals surface area (Å²) in [5, 5.41) is 5.82. The molecule has 0 aromatic heterocycles. The van der Waals surface area contributed by atoms with Gasteiger partial charge in [-0.15, -0.1) is 0 Å². The van der Waals surface area contributed by atoms with E-state index >= 15 is 0 Å². The van der Waals surface area contributed by atoms with Crippen LogP contribution in [0.15, 0.2) is 48.5 Å². The van der Waals surface area contributed by atoms with Crippen LogP contribution >= 0.6 is 0 Å². The molecular formula is C22H27N3O2. The molecule has 1 aliphatic rings. The number of para-hydroxylation sites is 1. The minimum atomic E-state index is -0.107. The van der Waals surface area contributed by atoms with Gasteiger partial charge in [-0.25, -0.2) is 0 Å². The molecule has 0 fully saturated rings. The molecular weight excluding hydrogens is 338 g/mol. The Bertz CT molecular complexity index is 804. The minimum Gasteiger partial charge on any atom is -0.362 e. The van der Waals surface area contributed by atoms with Crippen LogP contribution in [0.4, 0.5) is 11.4 Å². The largest absolute Gasteiger partial charge is 0.362 e. The first-order valence-electron chi connectivity index (χ1n) is 9.68. The molecule has 2 amide bonds. The number of fused-ring (bicyclic) bond motifs is 1. The molecule has 5 heteroatoms. The normalized spacial score (nSPS) is 13.0. The van der Waals surface area contributed by atoms with Crippen molar-refractivity contribution in [2.75, 3.05) is 29.9 Å². The fourth-order valence-electron chi connectivity index (χ4n) is 3.37. The van der Waals surface area contributed by atoms with Crippen molar-refractivity contribution >= 4 is 23.2 Å². The van der Waals surface area contributed by atoms with Gasteiger partial charge in [-0.2, -0.15) is 0 Å². The van der Waals surface area contributed by atoms with Gasteiger partial charge in [-0.3, -0.25) is 9.59 Å². The first-order chi connectivity index (χ1) is 13.2.